The van der Waals surface area contributed by atoms with Crippen molar-refractivity contribution in [3.05, 3.63) is 152 Å². The van der Waals surface area contributed by atoms with Crippen LogP contribution < -0.4 is 0 Å². The Labute approximate surface area is 422 Å². The molecule has 10 rings (SSSR count). The molecule has 0 atom stereocenters. The van der Waals surface area contributed by atoms with Gasteiger partial charge in [0.15, 0.2) is 0 Å². The van der Waals surface area contributed by atoms with Crippen LogP contribution in [0.2, 0.25) is 0 Å². The summed E-state index contributed by atoms with van der Waals surface area (Å²) < 4.78 is 10.7. The van der Waals surface area contributed by atoms with Crippen LogP contribution in [0.15, 0.2) is 152 Å². The highest BCUT2D eigenvalue weighted by Gasteiger charge is 2.07. The van der Waals surface area contributed by atoms with Crippen molar-refractivity contribution in [1.29, 1.82) is 0 Å². The van der Waals surface area contributed by atoms with Crippen molar-refractivity contribution in [1.82, 2.24) is 48.4 Å². The van der Waals surface area contributed by atoms with Gasteiger partial charge < -0.3 is 13.7 Å². The van der Waals surface area contributed by atoms with Gasteiger partial charge in [-0.05, 0) is 141 Å². The van der Waals surface area contributed by atoms with Crippen LogP contribution in [0.3, 0.4) is 0 Å². The predicted octanol–water partition coefficient (Wildman–Crippen LogP) is 18.2. The second kappa shape index (κ2) is 33.9. The van der Waals surface area contributed by atoms with Gasteiger partial charge in [0, 0.05) is 77.5 Å². The van der Waals surface area contributed by atoms with E-state index in [1.54, 1.807) is 0 Å². The van der Waals surface area contributed by atoms with Crippen molar-refractivity contribution in [2.45, 2.75) is 169 Å². The second-order valence-electron chi connectivity index (χ2n) is 16.2. The van der Waals surface area contributed by atoms with E-state index < -0.39 is 0 Å². The molecule has 380 valence electrons. The fraction of sp³-hybridized carbons (Fsp3) is 0.417. The number of para-hydroxylation sites is 3. The van der Waals surface area contributed by atoms with Crippen LogP contribution in [0.5, 0.6) is 0 Å². The Morgan fingerprint density at radius 1 is 0.343 bits per heavy atom. The summed E-state index contributed by atoms with van der Waals surface area (Å²) >= 11 is 0. The lowest BCUT2D eigenvalue weighted by Crippen LogP contribution is -2.02. The summed E-state index contributed by atoms with van der Waals surface area (Å²) in [6, 6.07) is 41.5. The van der Waals surface area contributed by atoms with Gasteiger partial charge in [-0.2, -0.15) is 5.10 Å². The van der Waals surface area contributed by atoms with E-state index in [2.05, 4.69) is 194 Å². The molecule has 0 aliphatic carbocycles. The topological polar surface area (TPSA) is 89.1 Å². The highest BCUT2D eigenvalue weighted by molar-refractivity contribution is 5.80. The molecule has 0 amide bonds. The van der Waals surface area contributed by atoms with Crippen LogP contribution >= 0.6 is 0 Å². The lowest BCUT2D eigenvalue weighted by atomic mass is 10.2. The molecule has 10 nitrogen and oxygen atoms in total. The molecule has 0 spiro atoms. The zero-order valence-corrected chi connectivity index (χ0v) is 46.8. The third kappa shape index (κ3) is 17.4. The molecular weight excluding hydrogens is 861 g/mol. The summed E-state index contributed by atoms with van der Waals surface area (Å²) in [4.78, 5) is 8.59. The van der Waals surface area contributed by atoms with E-state index in [1.807, 2.05) is 146 Å². The molecule has 0 aliphatic heterocycles. The number of aromatic nitrogens is 10. The van der Waals surface area contributed by atoms with Crippen molar-refractivity contribution in [3.8, 4) is 0 Å². The Balaban J connectivity index is 0.000000418. The summed E-state index contributed by atoms with van der Waals surface area (Å²) in [5.41, 5.74) is 7.98. The van der Waals surface area contributed by atoms with Gasteiger partial charge in [0.25, 0.3) is 0 Å². The van der Waals surface area contributed by atoms with Crippen molar-refractivity contribution in [2.75, 3.05) is 0 Å². The third-order valence-corrected chi connectivity index (χ3v) is 10.1. The Bertz CT molecular complexity index is 2390. The van der Waals surface area contributed by atoms with Crippen molar-refractivity contribution in [3.63, 3.8) is 0 Å². The van der Waals surface area contributed by atoms with Crippen molar-refractivity contribution < 1.29 is 0 Å². The SMILES string of the molecule is CC.CC.CC.CC.CC.CC(C)n1ccc2ccccc21.CC(C)n1ccc2cccnc21.CC(C)n1ccc2ncccc21.CC(C)n1ncc2ccccc21.CC(C)n1nnc2ccccc21. The van der Waals surface area contributed by atoms with E-state index in [1.165, 1.54) is 32.7 Å². The average Bonchev–Trinajstić information content (AvgIpc) is 4.27. The molecule has 3 aromatic carbocycles. The van der Waals surface area contributed by atoms with Gasteiger partial charge in [0.1, 0.15) is 11.2 Å². The zero-order valence-electron chi connectivity index (χ0n) is 46.8. The van der Waals surface area contributed by atoms with Gasteiger partial charge in [-0.1, -0.05) is 123 Å². The molecule has 10 heteroatoms. The maximum absolute atomic E-state index is 4.33. The first-order valence-electron chi connectivity index (χ1n) is 26.0. The molecule has 0 saturated heterocycles. The lowest BCUT2D eigenvalue weighted by molar-refractivity contribution is 0.530. The number of pyridine rings is 2. The molecule has 7 aromatic heterocycles. The molecular formula is C60H90N10. The monoisotopic (exact) mass is 951 g/mol. The van der Waals surface area contributed by atoms with Crippen LogP contribution in [0, 0.1) is 0 Å². The van der Waals surface area contributed by atoms with Gasteiger partial charge >= 0.3 is 0 Å². The fourth-order valence-electron chi connectivity index (χ4n) is 7.07. The Morgan fingerprint density at radius 3 is 1.39 bits per heavy atom. The maximum atomic E-state index is 4.33. The second-order valence-corrected chi connectivity index (χ2v) is 16.2. The van der Waals surface area contributed by atoms with E-state index in [9.17, 15) is 0 Å². The molecule has 70 heavy (non-hydrogen) atoms. The standard InChI is InChI=1S/C11H13N.3C10H12N2.C9H11N3.5C2H6/c1-9(2)12-8-7-10-5-3-4-6-11(10)12;1-8(2)12-7-5-9-10(12)4-3-6-11-9;1-8(2)12-7-5-9-4-3-6-11-10(9)12;1-8(2)12-10-6-4-3-5-9(10)7-11-12;1-7(2)12-9-6-4-3-5-8(9)10-11-12;5*1-2/h3-9H,1-2H3;3*3-8H,1-2H3;3-7H,1-2H3;5*1-2H3. The number of hydrogen-bond donors (Lipinski definition) is 0. The van der Waals surface area contributed by atoms with Crippen LogP contribution in [0.1, 0.15) is 169 Å². The number of fused-ring (bicyclic) bond motifs is 5. The van der Waals surface area contributed by atoms with Gasteiger partial charge in [0.2, 0.25) is 0 Å². The van der Waals surface area contributed by atoms with Crippen molar-refractivity contribution >= 4 is 54.9 Å². The van der Waals surface area contributed by atoms with E-state index in [0.29, 0.717) is 30.2 Å². The summed E-state index contributed by atoms with van der Waals surface area (Å²) in [5, 5.41) is 16.2. The van der Waals surface area contributed by atoms with E-state index in [-0.39, 0.29) is 0 Å². The third-order valence-electron chi connectivity index (χ3n) is 10.1. The number of nitrogens with zero attached hydrogens (tertiary/aromatic N) is 10. The molecule has 0 bridgehead atoms. The Morgan fingerprint density at radius 2 is 0.786 bits per heavy atom. The average molecular weight is 951 g/mol. The van der Waals surface area contributed by atoms with Crippen LogP contribution in [-0.4, -0.2) is 48.4 Å². The van der Waals surface area contributed by atoms with Gasteiger partial charge in [-0.25, -0.2) is 9.67 Å². The molecule has 0 aliphatic rings. The van der Waals surface area contributed by atoms with E-state index in [0.717, 1.165) is 22.2 Å². The molecule has 10 aromatic rings. The normalized spacial score (nSPS) is 10.1. The fourth-order valence-corrected chi connectivity index (χ4v) is 7.07. The molecule has 0 saturated carbocycles. The molecule has 0 unspecified atom stereocenters. The van der Waals surface area contributed by atoms with Crippen molar-refractivity contribution in [2.24, 2.45) is 0 Å². The Kier molecular flexibility index (Phi) is 29.7. The number of hydrogen-bond acceptors (Lipinski definition) is 5. The van der Waals surface area contributed by atoms with E-state index >= 15 is 0 Å². The molecule has 0 fully saturated rings. The van der Waals surface area contributed by atoms with Gasteiger partial charge in [-0.15, -0.1) is 5.10 Å². The largest absolute Gasteiger partial charge is 0.345 e. The Hall–Kier alpha value is -6.55. The molecule has 0 N–H and O–H groups in total. The summed E-state index contributed by atoms with van der Waals surface area (Å²) in [6.07, 6.45) is 11.9. The van der Waals surface area contributed by atoms with Gasteiger partial charge in [-0.3, -0.25) is 9.67 Å². The highest BCUT2D eigenvalue weighted by atomic mass is 15.4. The summed E-state index contributed by atoms with van der Waals surface area (Å²) in [7, 11) is 0. The van der Waals surface area contributed by atoms with E-state index in [4.69, 9.17) is 0 Å². The number of rotatable bonds is 5. The molecule has 0 radical (unpaired) electrons. The smallest absolute Gasteiger partial charge is 0.140 e. The minimum atomic E-state index is 0.373. The van der Waals surface area contributed by atoms with Gasteiger partial charge in [0.05, 0.1) is 28.3 Å². The van der Waals surface area contributed by atoms with Crippen LogP contribution in [0.25, 0.3) is 54.9 Å². The maximum Gasteiger partial charge on any atom is 0.140 e. The lowest BCUT2D eigenvalue weighted by Gasteiger charge is -2.08. The predicted molar refractivity (Wildman–Crippen MR) is 307 cm³/mol. The highest BCUT2D eigenvalue weighted by Crippen LogP contribution is 2.21. The quantitative estimate of drug-likeness (QED) is 0.171. The first kappa shape index (κ1) is 61.5. The minimum absolute atomic E-state index is 0.373. The number of benzene rings is 3. The van der Waals surface area contributed by atoms with Crippen LogP contribution in [-0.2, 0) is 0 Å². The first-order valence-corrected chi connectivity index (χ1v) is 26.0. The zero-order chi connectivity index (χ0) is 52.8. The molecule has 7 heterocycles. The minimum Gasteiger partial charge on any atom is -0.345 e. The summed E-state index contributed by atoms with van der Waals surface area (Å²) in [6.45, 7) is 41.5. The van der Waals surface area contributed by atoms with Crippen LogP contribution in [0.4, 0.5) is 0 Å². The summed E-state index contributed by atoms with van der Waals surface area (Å²) in [5.74, 6) is 0. The first-order chi connectivity index (χ1) is 33.9.